The summed E-state index contributed by atoms with van der Waals surface area (Å²) in [6.45, 7) is 3.00. The second-order valence-electron chi connectivity index (χ2n) is 4.73. The Bertz CT molecular complexity index is 318. The summed E-state index contributed by atoms with van der Waals surface area (Å²) in [4.78, 5) is 4.30. The van der Waals surface area contributed by atoms with Crippen LogP contribution < -0.4 is 5.32 Å². The van der Waals surface area contributed by atoms with Crippen LogP contribution in [0.4, 0.5) is 0 Å². The van der Waals surface area contributed by atoms with Gasteiger partial charge in [0.25, 0.3) is 0 Å². The Morgan fingerprint density at radius 1 is 1.47 bits per heavy atom. The molecule has 0 bridgehead atoms. The lowest BCUT2D eigenvalue weighted by molar-refractivity contribution is 0.0116. The first-order chi connectivity index (χ1) is 8.36. The first kappa shape index (κ1) is 12.6. The van der Waals surface area contributed by atoms with E-state index in [0.717, 1.165) is 38.4 Å². The summed E-state index contributed by atoms with van der Waals surface area (Å²) in [6, 6.07) is 0. The standard InChI is InChI=1S/C13H23N3O/c1-16-10-9-15-13(16)6-8-14-7-5-12-4-2-3-11-17-12/h9-10,12,14H,2-8,11H2,1H3. The third kappa shape index (κ3) is 4.13. The Morgan fingerprint density at radius 3 is 3.12 bits per heavy atom. The van der Waals surface area contributed by atoms with E-state index in [4.69, 9.17) is 4.74 Å². The smallest absolute Gasteiger partial charge is 0.109 e. The monoisotopic (exact) mass is 237 g/mol. The maximum Gasteiger partial charge on any atom is 0.109 e. The molecular formula is C13H23N3O. The van der Waals surface area contributed by atoms with Crippen molar-refractivity contribution < 1.29 is 4.74 Å². The molecular weight excluding hydrogens is 214 g/mol. The van der Waals surface area contributed by atoms with Crippen molar-refractivity contribution in [1.29, 1.82) is 0 Å². The zero-order chi connectivity index (χ0) is 11.9. The van der Waals surface area contributed by atoms with Gasteiger partial charge in [-0.05, 0) is 32.2 Å². The lowest BCUT2D eigenvalue weighted by Gasteiger charge is -2.22. The van der Waals surface area contributed by atoms with Crippen molar-refractivity contribution >= 4 is 0 Å². The lowest BCUT2D eigenvalue weighted by Crippen LogP contribution is -2.26. The largest absolute Gasteiger partial charge is 0.378 e. The molecule has 1 aliphatic heterocycles. The van der Waals surface area contributed by atoms with Crippen LogP contribution in [0.5, 0.6) is 0 Å². The molecule has 0 spiro atoms. The van der Waals surface area contributed by atoms with Gasteiger partial charge in [-0.3, -0.25) is 0 Å². The molecule has 1 unspecified atom stereocenters. The Kier molecular flexibility index (Phi) is 5.01. The van der Waals surface area contributed by atoms with Gasteiger partial charge in [0, 0.05) is 39.0 Å². The van der Waals surface area contributed by atoms with Crippen LogP contribution in [-0.4, -0.2) is 35.4 Å². The molecule has 1 aliphatic rings. The number of aromatic nitrogens is 2. The van der Waals surface area contributed by atoms with Crippen LogP contribution in [0.25, 0.3) is 0 Å². The van der Waals surface area contributed by atoms with Gasteiger partial charge in [-0.25, -0.2) is 4.98 Å². The van der Waals surface area contributed by atoms with Crippen molar-refractivity contribution in [3.8, 4) is 0 Å². The third-order valence-corrected chi connectivity index (χ3v) is 3.36. The van der Waals surface area contributed by atoms with Gasteiger partial charge in [0.1, 0.15) is 5.82 Å². The second-order valence-corrected chi connectivity index (χ2v) is 4.73. The molecule has 1 atom stereocenters. The molecule has 0 amide bonds. The van der Waals surface area contributed by atoms with Gasteiger partial charge >= 0.3 is 0 Å². The van der Waals surface area contributed by atoms with Crippen molar-refractivity contribution in [1.82, 2.24) is 14.9 Å². The molecule has 1 aromatic rings. The average molecular weight is 237 g/mol. The summed E-state index contributed by atoms with van der Waals surface area (Å²) in [7, 11) is 2.04. The van der Waals surface area contributed by atoms with Crippen LogP contribution >= 0.6 is 0 Å². The molecule has 1 N–H and O–H groups in total. The van der Waals surface area contributed by atoms with Crippen molar-refractivity contribution in [2.45, 2.75) is 38.2 Å². The summed E-state index contributed by atoms with van der Waals surface area (Å²) < 4.78 is 7.77. The van der Waals surface area contributed by atoms with Gasteiger partial charge in [0.05, 0.1) is 6.10 Å². The van der Waals surface area contributed by atoms with E-state index in [0.29, 0.717) is 6.10 Å². The molecule has 4 nitrogen and oxygen atoms in total. The molecule has 0 aromatic carbocycles. The summed E-state index contributed by atoms with van der Waals surface area (Å²) >= 11 is 0. The molecule has 0 radical (unpaired) electrons. The van der Waals surface area contributed by atoms with E-state index < -0.39 is 0 Å². The minimum Gasteiger partial charge on any atom is -0.378 e. The van der Waals surface area contributed by atoms with E-state index in [2.05, 4.69) is 14.9 Å². The summed E-state index contributed by atoms with van der Waals surface area (Å²) in [6.07, 6.45) is 10.3. The molecule has 1 fully saturated rings. The van der Waals surface area contributed by atoms with Crippen molar-refractivity contribution in [3.63, 3.8) is 0 Å². The van der Waals surface area contributed by atoms with Gasteiger partial charge in [0.15, 0.2) is 0 Å². The Labute approximate surface area is 103 Å². The number of nitrogens with one attached hydrogen (secondary N) is 1. The number of ether oxygens (including phenoxy) is 1. The van der Waals surface area contributed by atoms with Gasteiger partial charge < -0.3 is 14.6 Å². The Hall–Kier alpha value is -0.870. The number of rotatable bonds is 6. The molecule has 1 saturated heterocycles. The van der Waals surface area contributed by atoms with E-state index in [1.807, 2.05) is 19.4 Å². The van der Waals surface area contributed by atoms with Gasteiger partial charge in [-0.1, -0.05) is 0 Å². The fraction of sp³-hybridized carbons (Fsp3) is 0.769. The predicted octanol–water partition coefficient (Wildman–Crippen LogP) is 1.51. The van der Waals surface area contributed by atoms with E-state index in [1.54, 1.807) is 0 Å². The highest BCUT2D eigenvalue weighted by atomic mass is 16.5. The first-order valence-electron chi connectivity index (χ1n) is 6.65. The molecule has 2 rings (SSSR count). The zero-order valence-corrected chi connectivity index (χ0v) is 10.7. The second kappa shape index (κ2) is 6.77. The highest BCUT2D eigenvalue weighted by Gasteiger charge is 2.12. The summed E-state index contributed by atoms with van der Waals surface area (Å²) in [5.41, 5.74) is 0. The maximum atomic E-state index is 5.69. The first-order valence-corrected chi connectivity index (χ1v) is 6.65. The molecule has 4 heteroatoms. The highest BCUT2D eigenvalue weighted by molar-refractivity contribution is 4.91. The lowest BCUT2D eigenvalue weighted by atomic mass is 10.1. The fourth-order valence-electron chi connectivity index (χ4n) is 2.26. The quantitative estimate of drug-likeness (QED) is 0.762. The van der Waals surface area contributed by atoms with Crippen LogP contribution in [0.1, 0.15) is 31.5 Å². The predicted molar refractivity (Wildman–Crippen MR) is 68.0 cm³/mol. The van der Waals surface area contributed by atoms with E-state index in [1.165, 1.54) is 19.3 Å². The maximum absolute atomic E-state index is 5.69. The van der Waals surface area contributed by atoms with Crippen LogP contribution in [0.2, 0.25) is 0 Å². The average Bonchev–Trinajstić information content (AvgIpc) is 2.76. The molecule has 96 valence electrons. The topological polar surface area (TPSA) is 39.1 Å². The van der Waals surface area contributed by atoms with Gasteiger partial charge in [-0.2, -0.15) is 0 Å². The zero-order valence-electron chi connectivity index (χ0n) is 10.7. The van der Waals surface area contributed by atoms with Crippen molar-refractivity contribution in [3.05, 3.63) is 18.2 Å². The SMILES string of the molecule is Cn1ccnc1CCNCCC1CCCCO1. The van der Waals surface area contributed by atoms with Crippen LogP contribution in [0.15, 0.2) is 12.4 Å². The molecule has 0 aliphatic carbocycles. The Balaban J connectivity index is 1.53. The molecule has 0 saturated carbocycles. The van der Waals surface area contributed by atoms with Crippen LogP contribution in [0, 0.1) is 0 Å². The minimum atomic E-state index is 0.490. The van der Waals surface area contributed by atoms with Gasteiger partial charge in [-0.15, -0.1) is 0 Å². The molecule has 1 aromatic heterocycles. The van der Waals surface area contributed by atoms with E-state index in [-0.39, 0.29) is 0 Å². The summed E-state index contributed by atoms with van der Waals surface area (Å²) in [5, 5.41) is 3.46. The third-order valence-electron chi connectivity index (χ3n) is 3.36. The van der Waals surface area contributed by atoms with Crippen LogP contribution in [-0.2, 0) is 18.2 Å². The molecule has 17 heavy (non-hydrogen) atoms. The number of hydrogen-bond donors (Lipinski definition) is 1. The number of hydrogen-bond acceptors (Lipinski definition) is 3. The van der Waals surface area contributed by atoms with Crippen LogP contribution in [0.3, 0.4) is 0 Å². The number of nitrogens with zero attached hydrogens (tertiary/aromatic N) is 2. The summed E-state index contributed by atoms with van der Waals surface area (Å²) in [5.74, 6) is 1.14. The number of aryl methyl sites for hydroxylation is 1. The van der Waals surface area contributed by atoms with E-state index >= 15 is 0 Å². The fourth-order valence-corrected chi connectivity index (χ4v) is 2.26. The normalized spacial score (nSPS) is 20.6. The van der Waals surface area contributed by atoms with E-state index in [9.17, 15) is 0 Å². The van der Waals surface area contributed by atoms with Gasteiger partial charge in [0.2, 0.25) is 0 Å². The van der Waals surface area contributed by atoms with Crippen molar-refractivity contribution in [2.75, 3.05) is 19.7 Å². The Morgan fingerprint density at radius 2 is 2.41 bits per heavy atom. The molecule has 2 heterocycles. The van der Waals surface area contributed by atoms with Crippen molar-refractivity contribution in [2.24, 2.45) is 7.05 Å². The minimum absolute atomic E-state index is 0.490. The highest BCUT2D eigenvalue weighted by Crippen LogP contribution is 2.14. The number of imidazole rings is 1.